The maximum atomic E-state index is 13.3. The van der Waals surface area contributed by atoms with Crippen LogP contribution in [0, 0.1) is 11.6 Å². The maximum absolute atomic E-state index is 13.3. The molecule has 2 nitrogen and oxygen atoms in total. The Bertz CT molecular complexity index is 523. The first kappa shape index (κ1) is 12.6. The van der Waals surface area contributed by atoms with Crippen LogP contribution in [0.1, 0.15) is 5.56 Å². The van der Waals surface area contributed by atoms with Gasteiger partial charge in [0.25, 0.3) is 0 Å². The first-order chi connectivity index (χ1) is 8.56. The second-order valence-corrected chi connectivity index (χ2v) is 4.14. The lowest BCUT2D eigenvalue weighted by Gasteiger charge is -2.10. The molecular formula is C13H10ClF2NO. The Hall–Kier alpha value is -1.81. The third kappa shape index (κ3) is 2.90. The fraction of sp³-hybridized carbons (Fsp3) is 0.0769. The van der Waals surface area contributed by atoms with Crippen LogP contribution in [0.2, 0.25) is 5.02 Å². The molecule has 0 unspecified atom stereocenters. The molecule has 2 aromatic rings. The smallest absolute Gasteiger partial charge is 0.144 e. The highest BCUT2D eigenvalue weighted by molar-refractivity contribution is 6.30. The summed E-state index contributed by atoms with van der Waals surface area (Å²) in [6.45, 7) is -0.117. The van der Waals surface area contributed by atoms with Crippen molar-refractivity contribution in [1.29, 1.82) is 0 Å². The molecule has 0 aliphatic heterocycles. The number of rotatable bonds is 3. The van der Waals surface area contributed by atoms with Gasteiger partial charge in [0.15, 0.2) is 0 Å². The summed E-state index contributed by atoms with van der Waals surface area (Å²) in [5, 5.41) is 0.457. The van der Waals surface area contributed by atoms with Crippen molar-refractivity contribution in [2.24, 2.45) is 0 Å². The largest absolute Gasteiger partial charge is 0.487 e. The highest BCUT2D eigenvalue weighted by atomic mass is 35.5. The number of hydrogen-bond acceptors (Lipinski definition) is 2. The molecule has 2 N–H and O–H groups in total. The van der Waals surface area contributed by atoms with Gasteiger partial charge in [-0.3, -0.25) is 0 Å². The Kier molecular flexibility index (Phi) is 3.67. The third-order valence-electron chi connectivity index (χ3n) is 2.37. The molecule has 0 saturated heterocycles. The summed E-state index contributed by atoms with van der Waals surface area (Å²) in [6, 6.07) is 7.90. The van der Waals surface area contributed by atoms with Crippen molar-refractivity contribution in [3.63, 3.8) is 0 Å². The Labute approximate surface area is 108 Å². The number of anilines is 1. The molecular weight excluding hydrogens is 260 g/mol. The predicted molar refractivity (Wildman–Crippen MR) is 66.6 cm³/mol. The minimum Gasteiger partial charge on any atom is -0.487 e. The van der Waals surface area contributed by atoms with E-state index in [0.29, 0.717) is 16.5 Å². The van der Waals surface area contributed by atoms with Gasteiger partial charge in [0, 0.05) is 16.7 Å². The molecule has 0 saturated carbocycles. The van der Waals surface area contributed by atoms with Crippen LogP contribution >= 0.6 is 11.6 Å². The quantitative estimate of drug-likeness (QED) is 0.861. The zero-order chi connectivity index (χ0) is 13.1. The van der Waals surface area contributed by atoms with Crippen LogP contribution in [0.15, 0.2) is 36.4 Å². The Morgan fingerprint density at radius 1 is 1.11 bits per heavy atom. The third-order valence-corrected chi connectivity index (χ3v) is 2.60. The fourth-order valence-corrected chi connectivity index (χ4v) is 1.60. The van der Waals surface area contributed by atoms with Gasteiger partial charge in [-0.2, -0.15) is 0 Å². The van der Waals surface area contributed by atoms with Crippen LogP contribution < -0.4 is 10.5 Å². The highest BCUT2D eigenvalue weighted by Gasteiger charge is 2.07. The normalized spacial score (nSPS) is 10.4. The van der Waals surface area contributed by atoms with E-state index in [4.69, 9.17) is 22.1 Å². The van der Waals surface area contributed by atoms with Crippen molar-refractivity contribution >= 4 is 17.3 Å². The van der Waals surface area contributed by atoms with Crippen LogP contribution in [0.5, 0.6) is 5.75 Å². The SMILES string of the molecule is Nc1ccc(Cl)cc1OCc1cc(F)ccc1F. The van der Waals surface area contributed by atoms with Crippen LogP contribution in [0.4, 0.5) is 14.5 Å². The number of hydrogen-bond donors (Lipinski definition) is 1. The van der Waals surface area contributed by atoms with Crippen LogP contribution in [0.25, 0.3) is 0 Å². The van der Waals surface area contributed by atoms with E-state index in [0.717, 1.165) is 18.2 Å². The molecule has 94 valence electrons. The molecule has 0 aromatic heterocycles. The average molecular weight is 270 g/mol. The summed E-state index contributed by atoms with van der Waals surface area (Å²) >= 11 is 5.79. The molecule has 0 aliphatic rings. The van der Waals surface area contributed by atoms with E-state index in [1.807, 2.05) is 0 Å². The van der Waals surface area contributed by atoms with Gasteiger partial charge in [0.1, 0.15) is 24.0 Å². The van der Waals surface area contributed by atoms with Crippen molar-refractivity contribution in [3.8, 4) is 5.75 Å². The summed E-state index contributed by atoms with van der Waals surface area (Å²) < 4.78 is 31.6. The van der Waals surface area contributed by atoms with E-state index in [9.17, 15) is 8.78 Å². The molecule has 0 spiro atoms. The summed E-state index contributed by atoms with van der Waals surface area (Å²) in [5.74, 6) is -0.711. The van der Waals surface area contributed by atoms with Crippen molar-refractivity contribution in [3.05, 3.63) is 58.6 Å². The highest BCUT2D eigenvalue weighted by Crippen LogP contribution is 2.26. The van der Waals surface area contributed by atoms with Crippen LogP contribution in [-0.4, -0.2) is 0 Å². The summed E-state index contributed by atoms with van der Waals surface area (Å²) in [6.07, 6.45) is 0. The average Bonchev–Trinajstić information content (AvgIpc) is 2.34. The number of nitrogens with two attached hydrogens (primary N) is 1. The van der Waals surface area contributed by atoms with Gasteiger partial charge >= 0.3 is 0 Å². The lowest BCUT2D eigenvalue weighted by Crippen LogP contribution is -2.01. The molecule has 0 radical (unpaired) electrons. The van der Waals surface area contributed by atoms with Gasteiger partial charge in [-0.1, -0.05) is 11.6 Å². The zero-order valence-electron chi connectivity index (χ0n) is 9.29. The van der Waals surface area contributed by atoms with Crippen molar-refractivity contribution in [2.45, 2.75) is 6.61 Å². The number of benzene rings is 2. The standard InChI is InChI=1S/C13H10ClF2NO/c14-9-1-4-12(17)13(6-9)18-7-8-5-10(15)2-3-11(8)16/h1-6H,7,17H2. The summed E-state index contributed by atoms with van der Waals surface area (Å²) in [4.78, 5) is 0. The van der Waals surface area contributed by atoms with Crippen LogP contribution in [-0.2, 0) is 6.61 Å². The minimum atomic E-state index is -0.531. The van der Waals surface area contributed by atoms with Gasteiger partial charge < -0.3 is 10.5 Å². The molecule has 0 fully saturated rings. The van der Waals surface area contributed by atoms with E-state index in [-0.39, 0.29) is 12.2 Å². The van der Waals surface area contributed by atoms with Gasteiger partial charge in [-0.25, -0.2) is 8.78 Å². The lowest BCUT2D eigenvalue weighted by molar-refractivity contribution is 0.300. The molecule has 0 bridgehead atoms. The van der Waals surface area contributed by atoms with E-state index >= 15 is 0 Å². The number of nitrogen functional groups attached to an aromatic ring is 1. The monoisotopic (exact) mass is 269 g/mol. The molecule has 18 heavy (non-hydrogen) atoms. The molecule has 2 rings (SSSR count). The molecule has 0 atom stereocenters. The van der Waals surface area contributed by atoms with E-state index in [1.54, 1.807) is 12.1 Å². The Balaban J connectivity index is 2.16. The molecule has 0 amide bonds. The van der Waals surface area contributed by atoms with Crippen molar-refractivity contribution in [1.82, 2.24) is 0 Å². The van der Waals surface area contributed by atoms with Gasteiger partial charge in [-0.15, -0.1) is 0 Å². The second-order valence-electron chi connectivity index (χ2n) is 3.71. The van der Waals surface area contributed by atoms with E-state index < -0.39 is 11.6 Å². The topological polar surface area (TPSA) is 35.2 Å². The van der Waals surface area contributed by atoms with Gasteiger partial charge in [-0.05, 0) is 30.3 Å². The second kappa shape index (κ2) is 5.23. The minimum absolute atomic E-state index is 0.117. The van der Waals surface area contributed by atoms with Crippen LogP contribution in [0.3, 0.4) is 0 Å². The first-order valence-electron chi connectivity index (χ1n) is 5.18. The number of halogens is 3. The Morgan fingerprint density at radius 3 is 2.67 bits per heavy atom. The molecule has 0 heterocycles. The van der Waals surface area contributed by atoms with Crippen molar-refractivity contribution in [2.75, 3.05) is 5.73 Å². The van der Waals surface area contributed by atoms with E-state index in [1.165, 1.54) is 6.07 Å². The molecule has 2 aromatic carbocycles. The van der Waals surface area contributed by atoms with Gasteiger partial charge in [0.2, 0.25) is 0 Å². The number of ether oxygens (including phenoxy) is 1. The summed E-state index contributed by atoms with van der Waals surface area (Å²) in [5.41, 5.74) is 6.18. The summed E-state index contributed by atoms with van der Waals surface area (Å²) in [7, 11) is 0. The van der Waals surface area contributed by atoms with E-state index in [2.05, 4.69) is 0 Å². The van der Waals surface area contributed by atoms with Gasteiger partial charge in [0.05, 0.1) is 5.69 Å². The fourth-order valence-electron chi connectivity index (χ4n) is 1.44. The predicted octanol–water partition coefficient (Wildman–Crippen LogP) is 3.78. The molecule has 5 heteroatoms. The molecule has 0 aliphatic carbocycles. The first-order valence-corrected chi connectivity index (χ1v) is 5.56. The van der Waals surface area contributed by atoms with Crippen molar-refractivity contribution < 1.29 is 13.5 Å². The Morgan fingerprint density at radius 2 is 1.89 bits per heavy atom. The maximum Gasteiger partial charge on any atom is 0.144 e. The lowest BCUT2D eigenvalue weighted by atomic mass is 10.2. The zero-order valence-corrected chi connectivity index (χ0v) is 10.0.